The molecule has 5 heteroatoms. The lowest BCUT2D eigenvalue weighted by Gasteiger charge is -2.15. The second-order valence-electron chi connectivity index (χ2n) is 5.74. The monoisotopic (exact) mass is 328 g/mol. The number of aromatic hydroxyl groups is 2. The molecule has 2 N–H and O–H groups in total. The Morgan fingerprint density at radius 3 is 1.79 bits per heavy atom. The van der Waals surface area contributed by atoms with Crippen LogP contribution in [0.5, 0.6) is 11.5 Å². The number of rotatable bonds is 0. The summed E-state index contributed by atoms with van der Waals surface area (Å²) in [4.78, 5) is 0. The Labute approximate surface area is 134 Å². The summed E-state index contributed by atoms with van der Waals surface area (Å²) in [7, 11) is 0. The highest BCUT2D eigenvalue weighted by Crippen LogP contribution is 2.46. The zero-order chi connectivity index (χ0) is 17.1. The van der Waals surface area contributed by atoms with E-state index in [9.17, 15) is 23.4 Å². The molecule has 0 spiro atoms. The van der Waals surface area contributed by atoms with Crippen molar-refractivity contribution in [1.29, 1.82) is 0 Å². The number of phenolic OH excluding ortho intramolecular Hbond substituents is 2. The number of halogens is 3. The minimum Gasteiger partial charge on any atom is -0.504 e. The highest BCUT2D eigenvalue weighted by molar-refractivity contribution is 6.06. The number of hydrogen-bond donors (Lipinski definition) is 2. The first kappa shape index (κ1) is 14.6. The second kappa shape index (κ2) is 4.77. The van der Waals surface area contributed by atoms with Crippen molar-refractivity contribution in [3.8, 4) is 11.5 Å². The lowest BCUT2D eigenvalue weighted by Crippen LogP contribution is -2.06. The molecular formula is C19H11F3O2. The Hall–Kier alpha value is -2.95. The van der Waals surface area contributed by atoms with E-state index in [1.54, 1.807) is 6.07 Å². The third kappa shape index (κ3) is 2.12. The summed E-state index contributed by atoms with van der Waals surface area (Å²) >= 11 is 0. The summed E-state index contributed by atoms with van der Waals surface area (Å²) in [6.07, 6.45) is -4.77. The Balaban J connectivity index is 2.18. The summed E-state index contributed by atoms with van der Waals surface area (Å²) in [5.74, 6) is -1.93. The zero-order valence-electron chi connectivity index (χ0n) is 12.2. The first-order chi connectivity index (χ1) is 11.3. The van der Waals surface area contributed by atoms with Crippen LogP contribution in [0.25, 0.3) is 32.3 Å². The van der Waals surface area contributed by atoms with Gasteiger partial charge in [0.1, 0.15) is 5.56 Å². The van der Waals surface area contributed by atoms with Crippen molar-refractivity contribution >= 4 is 32.3 Å². The number of alkyl halides is 3. The summed E-state index contributed by atoms with van der Waals surface area (Å²) in [6, 6.07) is 15.4. The van der Waals surface area contributed by atoms with Crippen LogP contribution in [-0.4, -0.2) is 10.2 Å². The molecular weight excluding hydrogens is 317 g/mol. The van der Waals surface area contributed by atoms with Gasteiger partial charge in [0.2, 0.25) is 0 Å². The summed E-state index contributed by atoms with van der Waals surface area (Å²) in [5.41, 5.74) is -1.22. The van der Waals surface area contributed by atoms with Gasteiger partial charge >= 0.3 is 6.18 Å². The van der Waals surface area contributed by atoms with E-state index in [4.69, 9.17) is 0 Å². The van der Waals surface area contributed by atoms with E-state index >= 15 is 0 Å². The molecule has 4 aromatic rings. The number of hydrogen-bond acceptors (Lipinski definition) is 2. The zero-order valence-corrected chi connectivity index (χ0v) is 12.2. The third-order valence-electron chi connectivity index (χ3n) is 4.20. The molecule has 0 unspecified atom stereocenters. The standard InChI is InChI=1S/C19H11F3O2/c20-19(21,22)17-15-8-13-6-11-4-2-1-3-10(11)5-12(13)7-14(15)9-16(23)18(17)24/h1-9,23-24H. The molecule has 0 aromatic heterocycles. The lowest BCUT2D eigenvalue weighted by molar-refractivity contribution is -0.137. The Morgan fingerprint density at radius 1 is 0.667 bits per heavy atom. The maximum absolute atomic E-state index is 13.3. The summed E-state index contributed by atoms with van der Waals surface area (Å²) in [5, 5.41) is 22.7. The molecule has 0 atom stereocenters. The highest BCUT2D eigenvalue weighted by Gasteiger charge is 2.37. The van der Waals surface area contributed by atoms with Crippen LogP contribution in [0, 0.1) is 0 Å². The van der Waals surface area contributed by atoms with E-state index < -0.39 is 23.2 Å². The van der Waals surface area contributed by atoms with Gasteiger partial charge in [-0.05, 0) is 62.6 Å². The maximum Gasteiger partial charge on any atom is 0.420 e. The van der Waals surface area contributed by atoms with Gasteiger partial charge in [0.05, 0.1) is 0 Å². The van der Waals surface area contributed by atoms with E-state index in [0.29, 0.717) is 5.39 Å². The SMILES string of the molecule is Oc1cc2cc3cc4ccccc4cc3cc2c(C(F)(F)F)c1O. The van der Waals surface area contributed by atoms with Gasteiger partial charge in [0, 0.05) is 0 Å². The quantitative estimate of drug-likeness (QED) is 0.327. The van der Waals surface area contributed by atoms with Crippen LogP contribution in [0.1, 0.15) is 5.56 Å². The topological polar surface area (TPSA) is 40.5 Å². The molecule has 0 saturated heterocycles. The Bertz CT molecular complexity index is 1110. The highest BCUT2D eigenvalue weighted by atomic mass is 19.4. The fourth-order valence-electron chi connectivity index (χ4n) is 3.10. The van der Waals surface area contributed by atoms with Gasteiger partial charge in [0.25, 0.3) is 0 Å². The van der Waals surface area contributed by atoms with Gasteiger partial charge in [0.15, 0.2) is 11.5 Å². The average Bonchev–Trinajstić information content (AvgIpc) is 2.51. The minimum atomic E-state index is -4.77. The molecule has 4 aromatic carbocycles. The van der Waals surface area contributed by atoms with Crippen LogP contribution in [0.15, 0.2) is 54.6 Å². The molecule has 0 fully saturated rings. The maximum atomic E-state index is 13.3. The van der Waals surface area contributed by atoms with Gasteiger partial charge in [-0.1, -0.05) is 24.3 Å². The van der Waals surface area contributed by atoms with Crippen molar-refractivity contribution in [3.63, 3.8) is 0 Å². The number of benzene rings is 4. The van der Waals surface area contributed by atoms with Crippen LogP contribution < -0.4 is 0 Å². The Morgan fingerprint density at radius 2 is 1.21 bits per heavy atom. The summed E-state index contributed by atoms with van der Waals surface area (Å²) < 4.78 is 40.0. The molecule has 0 aliphatic heterocycles. The van der Waals surface area contributed by atoms with Crippen LogP contribution in [0.3, 0.4) is 0 Å². The molecule has 4 rings (SSSR count). The van der Waals surface area contributed by atoms with E-state index in [1.807, 2.05) is 36.4 Å². The van der Waals surface area contributed by atoms with E-state index in [2.05, 4.69) is 0 Å². The molecule has 0 heterocycles. The van der Waals surface area contributed by atoms with Crippen LogP contribution in [0.4, 0.5) is 13.2 Å². The van der Waals surface area contributed by atoms with Crippen molar-refractivity contribution in [3.05, 3.63) is 60.2 Å². The van der Waals surface area contributed by atoms with Crippen LogP contribution >= 0.6 is 0 Å². The molecule has 0 bridgehead atoms. The molecule has 0 aliphatic carbocycles. The number of fused-ring (bicyclic) bond motifs is 3. The van der Waals surface area contributed by atoms with Gasteiger partial charge in [-0.25, -0.2) is 0 Å². The molecule has 0 amide bonds. The van der Waals surface area contributed by atoms with Crippen molar-refractivity contribution < 1.29 is 23.4 Å². The second-order valence-corrected chi connectivity index (χ2v) is 5.74. The molecule has 0 saturated carbocycles. The van der Waals surface area contributed by atoms with E-state index in [1.165, 1.54) is 6.07 Å². The lowest BCUT2D eigenvalue weighted by atomic mass is 9.96. The number of phenols is 2. The predicted octanol–water partition coefficient (Wildman–Crippen LogP) is 5.58. The van der Waals surface area contributed by atoms with Crippen molar-refractivity contribution in [2.24, 2.45) is 0 Å². The predicted molar refractivity (Wildman–Crippen MR) is 87.3 cm³/mol. The summed E-state index contributed by atoms with van der Waals surface area (Å²) in [6.45, 7) is 0. The molecule has 120 valence electrons. The van der Waals surface area contributed by atoms with Crippen molar-refractivity contribution in [2.45, 2.75) is 6.18 Å². The van der Waals surface area contributed by atoms with Gasteiger partial charge < -0.3 is 10.2 Å². The molecule has 0 radical (unpaired) electrons. The van der Waals surface area contributed by atoms with E-state index in [0.717, 1.165) is 22.2 Å². The normalized spacial score (nSPS) is 12.3. The van der Waals surface area contributed by atoms with Gasteiger partial charge in [-0.2, -0.15) is 13.2 Å². The third-order valence-corrected chi connectivity index (χ3v) is 4.20. The molecule has 2 nitrogen and oxygen atoms in total. The van der Waals surface area contributed by atoms with Gasteiger partial charge in [-0.3, -0.25) is 0 Å². The average molecular weight is 328 g/mol. The van der Waals surface area contributed by atoms with Gasteiger partial charge in [-0.15, -0.1) is 0 Å². The van der Waals surface area contributed by atoms with E-state index in [-0.39, 0.29) is 10.8 Å². The van der Waals surface area contributed by atoms with Crippen LogP contribution in [0.2, 0.25) is 0 Å². The first-order valence-corrected chi connectivity index (χ1v) is 7.23. The minimum absolute atomic E-state index is 0.138. The largest absolute Gasteiger partial charge is 0.504 e. The van der Waals surface area contributed by atoms with Crippen molar-refractivity contribution in [2.75, 3.05) is 0 Å². The Kier molecular flexibility index (Phi) is 2.91. The molecule has 0 aliphatic rings. The fourth-order valence-corrected chi connectivity index (χ4v) is 3.10. The fraction of sp³-hybridized carbons (Fsp3) is 0.0526. The van der Waals surface area contributed by atoms with Crippen LogP contribution in [-0.2, 0) is 6.18 Å². The first-order valence-electron chi connectivity index (χ1n) is 7.23. The molecule has 24 heavy (non-hydrogen) atoms. The van der Waals surface area contributed by atoms with Crippen molar-refractivity contribution in [1.82, 2.24) is 0 Å². The smallest absolute Gasteiger partial charge is 0.420 e.